The van der Waals surface area contributed by atoms with Crippen LogP contribution in [0.4, 0.5) is 5.69 Å². The van der Waals surface area contributed by atoms with Crippen LogP contribution in [0.1, 0.15) is 11.4 Å². The number of imidazole rings is 1. The van der Waals surface area contributed by atoms with E-state index in [0.717, 1.165) is 29.4 Å². The lowest BCUT2D eigenvalue weighted by atomic mass is 10.2. The van der Waals surface area contributed by atoms with Crippen LogP contribution in [-0.2, 0) is 6.54 Å². The SMILES string of the molecule is Cc1cc(OCCn2ccnc2C)ccc1N. The third-order valence-electron chi connectivity index (χ3n) is 2.77. The maximum absolute atomic E-state index is 5.75. The molecule has 0 atom stereocenters. The molecule has 0 spiro atoms. The molecule has 0 fully saturated rings. The lowest BCUT2D eigenvalue weighted by Gasteiger charge is -2.09. The fraction of sp³-hybridized carbons (Fsp3) is 0.308. The number of hydrogen-bond acceptors (Lipinski definition) is 3. The van der Waals surface area contributed by atoms with E-state index < -0.39 is 0 Å². The summed E-state index contributed by atoms with van der Waals surface area (Å²) in [6, 6.07) is 5.71. The molecule has 2 N–H and O–H groups in total. The highest BCUT2D eigenvalue weighted by Crippen LogP contribution is 2.18. The van der Waals surface area contributed by atoms with E-state index in [4.69, 9.17) is 10.5 Å². The second-order valence-electron chi connectivity index (χ2n) is 4.03. The molecule has 0 radical (unpaired) electrons. The number of ether oxygens (including phenoxy) is 1. The van der Waals surface area contributed by atoms with Gasteiger partial charge in [-0.05, 0) is 37.6 Å². The Morgan fingerprint density at radius 2 is 2.18 bits per heavy atom. The Morgan fingerprint density at radius 3 is 2.82 bits per heavy atom. The van der Waals surface area contributed by atoms with Gasteiger partial charge in [-0.3, -0.25) is 0 Å². The molecule has 0 aliphatic rings. The Bertz CT molecular complexity index is 505. The molecular weight excluding hydrogens is 214 g/mol. The summed E-state index contributed by atoms with van der Waals surface area (Å²) in [5, 5.41) is 0. The fourth-order valence-electron chi connectivity index (χ4n) is 1.64. The van der Waals surface area contributed by atoms with E-state index in [1.54, 1.807) is 6.20 Å². The zero-order valence-corrected chi connectivity index (χ0v) is 10.2. The van der Waals surface area contributed by atoms with Crippen LogP contribution >= 0.6 is 0 Å². The van der Waals surface area contributed by atoms with Gasteiger partial charge in [-0.1, -0.05) is 0 Å². The van der Waals surface area contributed by atoms with Crippen molar-refractivity contribution >= 4 is 5.69 Å². The maximum atomic E-state index is 5.75. The lowest BCUT2D eigenvalue weighted by molar-refractivity contribution is 0.297. The third-order valence-corrected chi connectivity index (χ3v) is 2.77. The molecule has 0 bridgehead atoms. The van der Waals surface area contributed by atoms with E-state index in [2.05, 4.69) is 9.55 Å². The summed E-state index contributed by atoms with van der Waals surface area (Å²) in [7, 11) is 0. The smallest absolute Gasteiger partial charge is 0.119 e. The van der Waals surface area contributed by atoms with Crippen molar-refractivity contribution in [1.29, 1.82) is 0 Å². The molecule has 1 aromatic carbocycles. The Balaban J connectivity index is 1.90. The second-order valence-corrected chi connectivity index (χ2v) is 4.03. The van der Waals surface area contributed by atoms with Crippen LogP contribution in [0.15, 0.2) is 30.6 Å². The van der Waals surface area contributed by atoms with Gasteiger partial charge in [-0.25, -0.2) is 4.98 Å². The first kappa shape index (κ1) is 11.5. The normalized spacial score (nSPS) is 10.5. The molecule has 2 aromatic rings. The van der Waals surface area contributed by atoms with Crippen LogP contribution < -0.4 is 10.5 Å². The summed E-state index contributed by atoms with van der Waals surface area (Å²) in [4.78, 5) is 4.16. The average molecular weight is 231 g/mol. The van der Waals surface area contributed by atoms with Crippen molar-refractivity contribution < 1.29 is 4.74 Å². The van der Waals surface area contributed by atoms with E-state index in [-0.39, 0.29) is 0 Å². The topological polar surface area (TPSA) is 53.1 Å². The van der Waals surface area contributed by atoms with Gasteiger partial charge in [0.05, 0.1) is 6.54 Å². The Hall–Kier alpha value is -1.97. The molecule has 0 aliphatic carbocycles. The summed E-state index contributed by atoms with van der Waals surface area (Å²) >= 11 is 0. The van der Waals surface area contributed by atoms with Gasteiger partial charge in [0.1, 0.15) is 18.2 Å². The molecule has 0 unspecified atom stereocenters. The number of nitrogen functional groups attached to an aromatic ring is 1. The first-order valence-corrected chi connectivity index (χ1v) is 5.63. The quantitative estimate of drug-likeness (QED) is 0.820. The lowest BCUT2D eigenvalue weighted by Crippen LogP contribution is -2.08. The van der Waals surface area contributed by atoms with Crippen molar-refractivity contribution in [3.05, 3.63) is 42.0 Å². The zero-order valence-electron chi connectivity index (χ0n) is 10.2. The molecule has 0 aliphatic heterocycles. The minimum atomic E-state index is 0.626. The van der Waals surface area contributed by atoms with Gasteiger partial charge in [0.2, 0.25) is 0 Å². The van der Waals surface area contributed by atoms with E-state index in [0.29, 0.717) is 6.61 Å². The van der Waals surface area contributed by atoms with Crippen LogP contribution in [0.5, 0.6) is 5.75 Å². The first-order valence-electron chi connectivity index (χ1n) is 5.63. The number of anilines is 1. The van der Waals surface area contributed by atoms with Crippen molar-refractivity contribution in [2.24, 2.45) is 0 Å². The first-order chi connectivity index (χ1) is 8.16. The van der Waals surface area contributed by atoms with Crippen molar-refractivity contribution in [2.45, 2.75) is 20.4 Å². The van der Waals surface area contributed by atoms with Gasteiger partial charge >= 0.3 is 0 Å². The number of hydrogen-bond donors (Lipinski definition) is 1. The molecule has 4 heteroatoms. The molecule has 1 aromatic heterocycles. The number of nitrogens with zero attached hydrogens (tertiary/aromatic N) is 2. The molecule has 0 amide bonds. The largest absolute Gasteiger partial charge is 0.492 e. The molecule has 0 saturated carbocycles. The van der Waals surface area contributed by atoms with Crippen LogP contribution in [0.25, 0.3) is 0 Å². The Kier molecular flexibility index (Phi) is 3.32. The second kappa shape index (κ2) is 4.91. The number of benzene rings is 1. The zero-order chi connectivity index (χ0) is 12.3. The highest BCUT2D eigenvalue weighted by molar-refractivity contribution is 5.49. The summed E-state index contributed by atoms with van der Waals surface area (Å²) in [6.07, 6.45) is 3.75. The number of rotatable bonds is 4. The van der Waals surface area contributed by atoms with E-state index in [9.17, 15) is 0 Å². The number of aryl methyl sites for hydroxylation is 2. The van der Waals surface area contributed by atoms with Crippen molar-refractivity contribution in [1.82, 2.24) is 9.55 Å². The molecule has 1 heterocycles. The van der Waals surface area contributed by atoms with Crippen molar-refractivity contribution in [2.75, 3.05) is 12.3 Å². The van der Waals surface area contributed by atoms with Gasteiger partial charge in [0.15, 0.2) is 0 Å². The van der Waals surface area contributed by atoms with Crippen LogP contribution in [0.2, 0.25) is 0 Å². The standard InChI is InChI=1S/C13H17N3O/c1-10-9-12(3-4-13(10)14)17-8-7-16-6-5-15-11(16)2/h3-6,9H,7-8,14H2,1-2H3. The molecule has 2 rings (SSSR count). The minimum absolute atomic E-state index is 0.626. The third kappa shape index (κ3) is 2.78. The highest BCUT2D eigenvalue weighted by Gasteiger charge is 1.99. The van der Waals surface area contributed by atoms with E-state index >= 15 is 0 Å². The highest BCUT2D eigenvalue weighted by atomic mass is 16.5. The minimum Gasteiger partial charge on any atom is -0.492 e. The summed E-state index contributed by atoms with van der Waals surface area (Å²) < 4.78 is 7.73. The Morgan fingerprint density at radius 1 is 1.35 bits per heavy atom. The molecule has 90 valence electrons. The van der Waals surface area contributed by atoms with Gasteiger partial charge < -0.3 is 15.0 Å². The summed E-state index contributed by atoms with van der Waals surface area (Å²) in [6.45, 7) is 5.38. The van der Waals surface area contributed by atoms with E-state index in [1.807, 2.05) is 38.2 Å². The van der Waals surface area contributed by atoms with Crippen LogP contribution in [-0.4, -0.2) is 16.2 Å². The van der Waals surface area contributed by atoms with Crippen LogP contribution in [0.3, 0.4) is 0 Å². The number of aromatic nitrogens is 2. The molecule has 17 heavy (non-hydrogen) atoms. The molecule has 0 saturated heterocycles. The van der Waals surface area contributed by atoms with Crippen molar-refractivity contribution in [3.8, 4) is 5.75 Å². The van der Waals surface area contributed by atoms with Gasteiger partial charge in [0.25, 0.3) is 0 Å². The summed E-state index contributed by atoms with van der Waals surface area (Å²) in [5.41, 5.74) is 7.58. The van der Waals surface area contributed by atoms with Gasteiger partial charge in [0, 0.05) is 18.1 Å². The predicted molar refractivity (Wildman–Crippen MR) is 68.1 cm³/mol. The fourth-order valence-corrected chi connectivity index (χ4v) is 1.64. The van der Waals surface area contributed by atoms with Gasteiger partial charge in [-0.2, -0.15) is 0 Å². The van der Waals surface area contributed by atoms with E-state index in [1.165, 1.54) is 0 Å². The Labute approximate surface area is 101 Å². The molecular formula is C13H17N3O. The predicted octanol–water partition coefficient (Wildman–Crippen LogP) is 2.16. The number of nitrogens with two attached hydrogens (primary N) is 1. The monoisotopic (exact) mass is 231 g/mol. The molecule has 4 nitrogen and oxygen atoms in total. The van der Waals surface area contributed by atoms with Gasteiger partial charge in [-0.15, -0.1) is 0 Å². The van der Waals surface area contributed by atoms with Crippen molar-refractivity contribution in [3.63, 3.8) is 0 Å². The van der Waals surface area contributed by atoms with Crippen LogP contribution in [0, 0.1) is 13.8 Å². The average Bonchev–Trinajstić information content (AvgIpc) is 2.70. The summed E-state index contributed by atoms with van der Waals surface area (Å²) in [5.74, 6) is 1.86. The maximum Gasteiger partial charge on any atom is 0.119 e.